The second kappa shape index (κ2) is 3.93. The number of nitriles is 1. The Kier molecular flexibility index (Phi) is 3.04. The van der Waals surface area contributed by atoms with Crippen LogP contribution in [0.2, 0.25) is 0 Å². The summed E-state index contributed by atoms with van der Waals surface area (Å²) in [6.45, 7) is 9.99. The van der Waals surface area contributed by atoms with Gasteiger partial charge in [0.1, 0.15) is 11.8 Å². The molecule has 0 saturated carbocycles. The molecule has 1 rings (SSSR count). The third kappa shape index (κ3) is 2.98. The number of oxazole rings is 1. The van der Waals surface area contributed by atoms with Crippen molar-refractivity contribution >= 4 is 6.01 Å². The summed E-state index contributed by atoms with van der Waals surface area (Å²) in [6, 6.07) is 2.46. The summed E-state index contributed by atoms with van der Waals surface area (Å²) in [5.74, 6) is 0.812. The SMILES string of the molecule is CC(C)c1oc(NC(C)(C)C)nc1C#N. The number of hydrogen-bond donors (Lipinski definition) is 1. The van der Waals surface area contributed by atoms with Gasteiger partial charge in [0.25, 0.3) is 6.01 Å². The van der Waals surface area contributed by atoms with E-state index in [1.807, 2.05) is 40.7 Å². The fourth-order valence-electron chi connectivity index (χ4n) is 1.18. The van der Waals surface area contributed by atoms with Crippen molar-refractivity contribution in [3.05, 3.63) is 11.5 Å². The Balaban J connectivity index is 3.00. The second-order valence-corrected chi connectivity index (χ2v) is 4.87. The monoisotopic (exact) mass is 207 g/mol. The standard InChI is InChI=1S/C11H17N3O/c1-7(2)9-8(6-12)13-10(15-9)14-11(3,4)5/h7H,1-5H3,(H,13,14). The minimum Gasteiger partial charge on any atom is -0.427 e. The number of nitrogens with zero attached hydrogens (tertiary/aromatic N) is 2. The summed E-state index contributed by atoms with van der Waals surface area (Å²) in [5, 5.41) is 12.0. The summed E-state index contributed by atoms with van der Waals surface area (Å²) in [5.41, 5.74) is 0.253. The zero-order chi connectivity index (χ0) is 11.6. The Bertz CT molecular complexity index is 380. The summed E-state index contributed by atoms with van der Waals surface area (Å²) in [7, 11) is 0. The topological polar surface area (TPSA) is 61.9 Å². The molecule has 1 aromatic rings. The van der Waals surface area contributed by atoms with Crippen LogP contribution in [0.4, 0.5) is 6.01 Å². The highest BCUT2D eigenvalue weighted by atomic mass is 16.4. The molecule has 1 aromatic heterocycles. The van der Waals surface area contributed by atoms with E-state index in [0.717, 1.165) is 0 Å². The first-order valence-corrected chi connectivity index (χ1v) is 5.02. The van der Waals surface area contributed by atoms with Crippen LogP contribution in [0.15, 0.2) is 4.42 Å². The van der Waals surface area contributed by atoms with Crippen molar-refractivity contribution in [1.29, 1.82) is 5.26 Å². The lowest BCUT2D eigenvalue weighted by atomic mass is 10.1. The van der Waals surface area contributed by atoms with Gasteiger partial charge in [-0.25, -0.2) is 0 Å². The molecule has 15 heavy (non-hydrogen) atoms. The van der Waals surface area contributed by atoms with Gasteiger partial charge in [0, 0.05) is 11.5 Å². The molecule has 1 N–H and O–H groups in total. The van der Waals surface area contributed by atoms with Crippen LogP contribution < -0.4 is 5.32 Å². The van der Waals surface area contributed by atoms with Gasteiger partial charge in [-0.3, -0.25) is 0 Å². The molecule has 0 aromatic carbocycles. The van der Waals surface area contributed by atoms with E-state index in [1.54, 1.807) is 0 Å². The van der Waals surface area contributed by atoms with Crippen molar-refractivity contribution in [1.82, 2.24) is 4.98 Å². The van der Waals surface area contributed by atoms with E-state index < -0.39 is 0 Å². The Morgan fingerprint density at radius 3 is 2.33 bits per heavy atom. The molecule has 0 amide bonds. The van der Waals surface area contributed by atoms with Crippen LogP contribution in [0.3, 0.4) is 0 Å². The minimum atomic E-state index is -0.119. The molecule has 0 atom stereocenters. The van der Waals surface area contributed by atoms with Crippen molar-refractivity contribution in [3.8, 4) is 6.07 Å². The molecule has 0 aliphatic heterocycles. The fraction of sp³-hybridized carbons (Fsp3) is 0.636. The van der Waals surface area contributed by atoms with Crippen LogP contribution in [0.5, 0.6) is 0 Å². The first kappa shape index (κ1) is 11.6. The molecule has 4 nitrogen and oxygen atoms in total. The Hall–Kier alpha value is -1.50. The first-order chi connectivity index (χ1) is 6.83. The van der Waals surface area contributed by atoms with E-state index in [9.17, 15) is 0 Å². The third-order valence-corrected chi connectivity index (χ3v) is 1.77. The zero-order valence-corrected chi connectivity index (χ0v) is 9.88. The lowest BCUT2D eigenvalue weighted by molar-refractivity contribution is 0.476. The fourth-order valence-corrected chi connectivity index (χ4v) is 1.18. The molecule has 0 aliphatic carbocycles. The van der Waals surface area contributed by atoms with E-state index in [0.29, 0.717) is 17.5 Å². The highest BCUT2D eigenvalue weighted by Gasteiger charge is 2.19. The number of nitrogens with one attached hydrogen (secondary N) is 1. The van der Waals surface area contributed by atoms with E-state index in [4.69, 9.17) is 9.68 Å². The molecule has 0 spiro atoms. The average molecular weight is 207 g/mol. The van der Waals surface area contributed by atoms with Crippen molar-refractivity contribution in [2.45, 2.75) is 46.1 Å². The lowest BCUT2D eigenvalue weighted by Crippen LogP contribution is -2.26. The minimum absolute atomic E-state index is 0.119. The quantitative estimate of drug-likeness (QED) is 0.810. The molecule has 0 fully saturated rings. The van der Waals surface area contributed by atoms with Gasteiger partial charge >= 0.3 is 0 Å². The molecule has 0 radical (unpaired) electrons. The van der Waals surface area contributed by atoms with Crippen molar-refractivity contribution < 1.29 is 4.42 Å². The predicted molar refractivity (Wildman–Crippen MR) is 58.7 cm³/mol. The van der Waals surface area contributed by atoms with Crippen molar-refractivity contribution in [2.24, 2.45) is 0 Å². The lowest BCUT2D eigenvalue weighted by Gasteiger charge is -2.18. The average Bonchev–Trinajstić information content (AvgIpc) is 2.44. The maximum absolute atomic E-state index is 8.88. The Morgan fingerprint density at radius 2 is 2.00 bits per heavy atom. The van der Waals surface area contributed by atoms with Gasteiger partial charge in [0.15, 0.2) is 5.69 Å². The van der Waals surface area contributed by atoms with Crippen LogP contribution in [-0.4, -0.2) is 10.5 Å². The van der Waals surface area contributed by atoms with Gasteiger partial charge in [-0.05, 0) is 20.8 Å². The largest absolute Gasteiger partial charge is 0.427 e. The van der Waals surface area contributed by atoms with Crippen LogP contribution in [0, 0.1) is 11.3 Å². The summed E-state index contributed by atoms with van der Waals surface area (Å²) >= 11 is 0. The van der Waals surface area contributed by atoms with Gasteiger partial charge in [0.05, 0.1) is 0 Å². The first-order valence-electron chi connectivity index (χ1n) is 5.02. The molecular formula is C11H17N3O. The maximum Gasteiger partial charge on any atom is 0.296 e. The molecule has 82 valence electrons. The van der Waals surface area contributed by atoms with Crippen molar-refractivity contribution in [3.63, 3.8) is 0 Å². The van der Waals surface area contributed by atoms with Gasteiger partial charge < -0.3 is 9.73 Å². The second-order valence-electron chi connectivity index (χ2n) is 4.87. The summed E-state index contributed by atoms with van der Waals surface area (Å²) < 4.78 is 5.50. The molecule has 0 bridgehead atoms. The predicted octanol–water partition coefficient (Wildman–Crippen LogP) is 2.88. The van der Waals surface area contributed by atoms with Gasteiger partial charge in [-0.2, -0.15) is 10.2 Å². The number of aromatic nitrogens is 1. The molecule has 4 heteroatoms. The summed E-state index contributed by atoms with van der Waals surface area (Å²) in [6.07, 6.45) is 0. The molecule has 0 aliphatic rings. The highest BCUT2D eigenvalue weighted by Crippen LogP contribution is 2.24. The van der Waals surface area contributed by atoms with E-state index in [2.05, 4.69) is 10.3 Å². The van der Waals surface area contributed by atoms with Crippen LogP contribution in [0.1, 0.15) is 52.0 Å². The zero-order valence-electron chi connectivity index (χ0n) is 9.88. The van der Waals surface area contributed by atoms with E-state index in [-0.39, 0.29) is 11.5 Å². The van der Waals surface area contributed by atoms with Gasteiger partial charge in [0.2, 0.25) is 0 Å². The van der Waals surface area contributed by atoms with Gasteiger partial charge in [-0.15, -0.1) is 0 Å². The number of hydrogen-bond acceptors (Lipinski definition) is 4. The van der Waals surface area contributed by atoms with Crippen molar-refractivity contribution in [2.75, 3.05) is 5.32 Å². The van der Waals surface area contributed by atoms with E-state index >= 15 is 0 Å². The highest BCUT2D eigenvalue weighted by molar-refractivity contribution is 5.35. The molecule has 0 unspecified atom stereocenters. The van der Waals surface area contributed by atoms with Crippen LogP contribution >= 0.6 is 0 Å². The van der Waals surface area contributed by atoms with Crippen LogP contribution in [-0.2, 0) is 0 Å². The van der Waals surface area contributed by atoms with Crippen LogP contribution in [0.25, 0.3) is 0 Å². The van der Waals surface area contributed by atoms with Gasteiger partial charge in [-0.1, -0.05) is 13.8 Å². The maximum atomic E-state index is 8.88. The Labute approximate surface area is 90.3 Å². The smallest absolute Gasteiger partial charge is 0.296 e. The number of rotatable bonds is 2. The van der Waals surface area contributed by atoms with E-state index in [1.165, 1.54) is 0 Å². The summed E-state index contributed by atoms with van der Waals surface area (Å²) in [4.78, 5) is 4.10. The Morgan fingerprint density at radius 1 is 1.40 bits per heavy atom. The number of anilines is 1. The molecule has 1 heterocycles. The molecular weight excluding hydrogens is 190 g/mol. The molecule has 0 saturated heterocycles. The third-order valence-electron chi connectivity index (χ3n) is 1.77. The normalized spacial score (nSPS) is 11.5.